The van der Waals surface area contributed by atoms with Gasteiger partial charge < -0.3 is 24.2 Å². The molecule has 0 fully saturated rings. The Morgan fingerprint density at radius 1 is 0.453 bits per heavy atom. The standard InChI is InChI=1S/C52H87O11P/c1-4-7-10-13-16-19-22-24-27-30-33-36-39-42-51(55)62-48(44-53)46-60-64(57,58)61-47-49(45-59-50(54)41-38-35-32-29-26-21-18-15-12-9-6-3)63-52(56)43-40-37-34-31-28-25-23-20-17-14-11-8-5-2/h7-8,10-11,16-17,19-20,24-25,27-28,34,37,48-49,53H,4-6,9,12-15,18,21-23,26,29-33,35-36,38-47H2,1-3H3,(H,57,58)/b10-7-,11-8-,19-16-,20-17-,27-24-,28-25-,37-34-. The van der Waals surface area contributed by atoms with Crippen LogP contribution in [0.4, 0.5) is 0 Å². The highest BCUT2D eigenvalue weighted by atomic mass is 31.2. The first kappa shape index (κ1) is 60.7. The van der Waals surface area contributed by atoms with Crippen LogP contribution in [0, 0.1) is 0 Å². The maximum absolute atomic E-state index is 12.8. The van der Waals surface area contributed by atoms with E-state index in [0.29, 0.717) is 19.3 Å². The van der Waals surface area contributed by atoms with E-state index in [0.717, 1.165) is 83.5 Å². The van der Waals surface area contributed by atoms with Crippen LogP contribution in [0.1, 0.15) is 188 Å². The van der Waals surface area contributed by atoms with E-state index in [2.05, 4.69) is 93.7 Å². The number of phosphoric ester groups is 1. The van der Waals surface area contributed by atoms with Gasteiger partial charge in [0.2, 0.25) is 0 Å². The second-order valence-electron chi connectivity index (χ2n) is 15.9. The molecule has 0 radical (unpaired) electrons. The SMILES string of the molecule is CC/C=C\C/C=C\C/C=C\C/C=C\CCC(=O)OC(COC(=O)CCCCCCCCCCCCC)COP(=O)(O)OCC(CO)OC(=O)CCCCC/C=C\C/C=C\C/C=C\CC. The fourth-order valence-corrected chi connectivity index (χ4v) is 6.93. The van der Waals surface area contributed by atoms with Crippen LogP contribution in [0.15, 0.2) is 85.1 Å². The van der Waals surface area contributed by atoms with Crippen LogP contribution < -0.4 is 0 Å². The number of allylic oxidation sites excluding steroid dienone is 14. The molecule has 0 aromatic carbocycles. The molecule has 0 bridgehead atoms. The van der Waals surface area contributed by atoms with E-state index in [9.17, 15) is 28.9 Å². The van der Waals surface area contributed by atoms with Crippen LogP contribution in [0.25, 0.3) is 0 Å². The topological polar surface area (TPSA) is 155 Å². The number of unbranched alkanes of at least 4 members (excludes halogenated alkanes) is 13. The molecule has 0 saturated heterocycles. The molecule has 3 atom stereocenters. The van der Waals surface area contributed by atoms with E-state index in [1.54, 1.807) is 0 Å². The minimum atomic E-state index is -4.76. The van der Waals surface area contributed by atoms with Crippen LogP contribution in [0.2, 0.25) is 0 Å². The Kier molecular flexibility index (Phi) is 43.8. The minimum Gasteiger partial charge on any atom is -0.462 e. The van der Waals surface area contributed by atoms with Gasteiger partial charge in [-0.3, -0.25) is 23.4 Å². The van der Waals surface area contributed by atoms with Gasteiger partial charge in [0, 0.05) is 19.3 Å². The molecule has 0 aliphatic carbocycles. The molecule has 2 N–H and O–H groups in total. The van der Waals surface area contributed by atoms with Crippen molar-refractivity contribution < 1.29 is 52.2 Å². The molecule has 0 aromatic rings. The van der Waals surface area contributed by atoms with Crippen molar-refractivity contribution in [2.24, 2.45) is 0 Å². The quantitative estimate of drug-likeness (QED) is 0.0197. The van der Waals surface area contributed by atoms with Crippen LogP contribution in [0.3, 0.4) is 0 Å². The third-order valence-electron chi connectivity index (χ3n) is 9.83. The highest BCUT2D eigenvalue weighted by molar-refractivity contribution is 7.47. The third kappa shape index (κ3) is 43.9. The van der Waals surface area contributed by atoms with Gasteiger partial charge in [0.15, 0.2) is 6.10 Å². The molecule has 366 valence electrons. The van der Waals surface area contributed by atoms with Crippen molar-refractivity contribution in [2.75, 3.05) is 26.4 Å². The maximum atomic E-state index is 12.8. The second-order valence-corrected chi connectivity index (χ2v) is 17.3. The van der Waals surface area contributed by atoms with Crippen molar-refractivity contribution in [1.82, 2.24) is 0 Å². The number of hydrogen-bond donors (Lipinski definition) is 2. The molecular formula is C52H87O11P. The molecule has 0 rings (SSSR count). The lowest BCUT2D eigenvalue weighted by molar-refractivity contribution is -0.161. The zero-order chi connectivity index (χ0) is 47.0. The van der Waals surface area contributed by atoms with Gasteiger partial charge in [-0.2, -0.15) is 0 Å². The molecule has 0 amide bonds. The molecule has 0 heterocycles. The summed E-state index contributed by atoms with van der Waals surface area (Å²) >= 11 is 0. The Hall–Kier alpha value is -3.34. The highest BCUT2D eigenvalue weighted by Gasteiger charge is 2.28. The normalized spacial score (nSPS) is 14.3. The number of carbonyl (C=O) groups excluding carboxylic acids is 3. The van der Waals surface area contributed by atoms with E-state index < -0.39 is 57.8 Å². The first-order chi connectivity index (χ1) is 31.2. The molecule has 12 heteroatoms. The van der Waals surface area contributed by atoms with Crippen LogP contribution in [-0.4, -0.2) is 66.5 Å². The Labute approximate surface area is 388 Å². The maximum Gasteiger partial charge on any atom is 0.472 e. The number of rotatable bonds is 44. The summed E-state index contributed by atoms with van der Waals surface area (Å²) in [6.45, 7) is 4.25. The fraction of sp³-hybridized carbons (Fsp3) is 0.673. The predicted octanol–water partition coefficient (Wildman–Crippen LogP) is 13.6. The summed E-state index contributed by atoms with van der Waals surface area (Å²) in [6.07, 6.45) is 50.1. The molecular weight excluding hydrogens is 832 g/mol. The molecule has 0 spiro atoms. The minimum absolute atomic E-state index is 0.0424. The lowest BCUT2D eigenvalue weighted by Gasteiger charge is -2.21. The summed E-state index contributed by atoms with van der Waals surface area (Å²) in [6, 6.07) is 0. The number of carbonyl (C=O) groups is 3. The molecule has 11 nitrogen and oxygen atoms in total. The van der Waals surface area contributed by atoms with E-state index >= 15 is 0 Å². The van der Waals surface area contributed by atoms with Crippen molar-refractivity contribution in [3.05, 3.63) is 85.1 Å². The molecule has 0 saturated carbocycles. The predicted molar refractivity (Wildman–Crippen MR) is 261 cm³/mol. The average Bonchev–Trinajstić information content (AvgIpc) is 3.28. The van der Waals surface area contributed by atoms with Crippen molar-refractivity contribution in [3.63, 3.8) is 0 Å². The Morgan fingerprint density at radius 3 is 1.34 bits per heavy atom. The lowest BCUT2D eigenvalue weighted by Crippen LogP contribution is -2.30. The smallest absolute Gasteiger partial charge is 0.462 e. The number of hydrogen-bond acceptors (Lipinski definition) is 10. The fourth-order valence-electron chi connectivity index (χ4n) is 6.15. The van der Waals surface area contributed by atoms with Gasteiger partial charge in [-0.05, 0) is 77.0 Å². The van der Waals surface area contributed by atoms with Crippen molar-refractivity contribution in [1.29, 1.82) is 0 Å². The summed E-state index contributed by atoms with van der Waals surface area (Å²) in [5, 5.41) is 9.74. The van der Waals surface area contributed by atoms with Crippen LogP contribution >= 0.6 is 7.82 Å². The van der Waals surface area contributed by atoms with Crippen LogP contribution in [-0.2, 0) is 42.2 Å². The summed E-state index contributed by atoms with van der Waals surface area (Å²) in [5.41, 5.74) is 0. The van der Waals surface area contributed by atoms with Gasteiger partial charge in [0.1, 0.15) is 12.7 Å². The summed E-state index contributed by atoms with van der Waals surface area (Å²) in [5.74, 6) is -1.60. The summed E-state index contributed by atoms with van der Waals surface area (Å²) in [4.78, 5) is 48.1. The molecule has 3 unspecified atom stereocenters. The second kappa shape index (κ2) is 46.2. The van der Waals surface area contributed by atoms with Crippen molar-refractivity contribution >= 4 is 25.7 Å². The Balaban J connectivity index is 4.86. The zero-order valence-electron chi connectivity index (χ0n) is 40.0. The van der Waals surface area contributed by atoms with Gasteiger partial charge in [-0.15, -0.1) is 0 Å². The van der Waals surface area contributed by atoms with Crippen molar-refractivity contribution in [2.45, 2.75) is 200 Å². The highest BCUT2D eigenvalue weighted by Crippen LogP contribution is 2.43. The zero-order valence-corrected chi connectivity index (χ0v) is 40.9. The first-order valence-electron chi connectivity index (χ1n) is 24.5. The number of aliphatic hydroxyl groups excluding tert-OH is 1. The average molecular weight is 919 g/mol. The molecule has 0 aliphatic heterocycles. The number of esters is 3. The van der Waals surface area contributed by atoms with Crippen LogP contribution in [0.5, 0.6) is 0 Å². The van der Waals surface area contributed by atoms with E-state index in [1.165, 1.54) is 44.9 Å². The largest absolute Gasteiger partial charge is 0.472 e. The van der Waals surface area contributed by atoms with Gasteiger partial charge in [0.25, 0.3) is 0 Å². The van der Waals surface area contributed by atoms with E-state index in [-0.39, 0.29) is 25.9 Å². The lowest BCUT2D eigenvalue weighted by atomic mass is 10.1. The molecule has 0 aromatic heterocycles. The Morgan fingerprint density at radius 2 is 0.844 bits per heavy atom. The molecule has 64 heavy (non-hydrogen) atoms. The number of ether oxygens (including phenoxy) is 3. The summed E-state index contributed by atoms with van der Waals surface area (Å²) < 4.78 is 39.1. The summed E-state index contributed by atoms with van der Waals surface area (Å²) in [7, 11) is -4.76. The van der Waals surface area contributed by atoms with Gasteiger partial charge in [-0.25, -0.2) is 4.57 Å². The number of aliphatic hydroxyl groups is 1. The Bertz CT molecular complexity index is 1400. The van der Waals surface area contributed by atoms with E-state index in [1.807, 2.05) is 12.2 Å². The monoisotopic (exact) mass is 919 g/mol. The molecule has 0 aliphatic rings. The van der Waals surface area contributed by atoms with Crippen molar-refractivity contribution in [3.8, 4) is 0 Å². The van der Waals surface area contributed by atoms with Gasteiger partial charge in [-0.1, -0.05) is 176 Å². The van der Waals surface area contributed by atoms with Gasteiger partial charge in [0.05, 0.1) is 19.8 Å². The third-order valence-corrected chi connectivity index (χ3v) is 10.8. The van der Waals surface area contributed by atoms with E-state index in [4.69, 9.17) is 23.3 Å². The first-order valence-corrected chi connectivity index (χ1v) is 26.0. The number of phosphoric acid groups is 1. The van der Waals surface area contributed by atoms with Gasteiger partial charge >= 0.3 is 25.7 Å².